The van der Waals surface area contributed by atoms with Gasteiger partial charge in [-0.3, -0.25) is 0 Å². The summed E-state index contributed by atoms with van der Waals surface area (Å²) in [4.78, 5) is 0. The lowest BCUT2D eigenvalue weighted by molar-refractivity contribution is 0.628. The highest BCUT2D eigenvalue weighted by Crippen LogP contribution is 2.40. The second kappa shape index (κ2) is 17.0. The van der Waals surface area contributed by atoms with Crippen molar-refractivity contribution in [3.8, 4) is 50.2 Å². The first-order valence-corrected chi connectivity index (χ1v) is 25.8. The fraction of sp³-hybridized carbons (Fsp3) is 0. The highest BCUT2D eigenvalue weighted by Gasteiger charge is 2.29. The van der Waals surface area contributed by atoms with Crippen molar-refractivity contribution in [1.82, 2.24) is 4.57 Å². The minimum Gasteiger partial charge on any atom is -0.455 e. The Bertz CT molecular complexity index is 3980. The summed E-state index contributed by atoms with van der Waals surface area (Å²) in [6.07, 6.45) is 0. The maximum Gasteiger partial charge on any atom is 0.143 e. The maximum atomic E-state index is 14.1. The van der Waals surface area contributed by atoms with Crippen LogP contribution in [0, 0.1) is 5.82 Å². The molecule has 0 aliphatic heterocycles. The first-order chi connectivity index (χ1) is 34.6. The quantitative estimate of drug-likeness (QED) is 0.104. The predicted molar refractivity (Wildman–Crippen MR) is 293 cm³/mol. The van der Waals surface area contributed by atoms with E-state index >= 15 is 0 Å². The number of furan rings is 1. The summed E-state index contributed by atoms with van der Waals surface area (Å²) in [5.41, 5.74) is 13.5. The van der Waals surface area contributed by atoms with Crippen molar-refractivity contribution in [3.05, 3.63) is 273 Å². The van der Waals surface area contributed by atoms with Crippen molar-refractivity contribution in [2.24, 2.45) is 0 Å². The third-order valence-corrected chi connectivity index (χ3v) is 19.0. The average Bonchev–Trinajstić information content (AvgIpc) is 3.98. The monoisotopic (exact) mass is 913 g/mol. The van der Waals surface area contributed by atoms with Gasteiger partial charge in [0, 0.05) is 32.8 Å². The SMILES string of the molecule is Fc1cccc(-c2cccc(-c3cccc(-c4ccc5oc6c(-c7cccc(-n8c9ccccc9c9cc([Si-](c%10ccccc%10)(c%10ccccc%10)c%10ccccc%10)ccc98)c7)cccc6c5c4)c3)c2)c1. The molecule has 70 heavy (non-hydrogen) atoms. The first-order valence-electron chi connectivity index (χ1n) is 23.8. The Morgan fingerprint density at radius 3 is 1.47 bits per heavy atom. The van der Waals surface area contributed by atoms with Gasteiger partial charge >= 0.3 is 0 Å². The number of aromatic nitrogens is 1. The van der Waals surface area contributed by atoms with E-state index in [1.54, 1.807) is 12.1 Å². The normalized spacial score (nSPS) is 11.8. The van der Waals surface area contributed by atoms with Crippen LogP contribution < -0.4 is 20.7 Å². The standard InChI is InChI=1S/C66H44FNOSi/c67-52-23-14-21-49(41-52)47-19-12-17-45(39-47)46-18-13-20-48(40-46)50-35-38-65-62(43-50)60-33-16-32-58(66(60)69-65)51-22-15-24-53(42-51)68-63-34-11-10-31-59(63)61-44-57(36-37-64(61)68)70(54-25-4-1-5-26-54,55-27-6-2-7-28-55)56-29-8-3-9-30-56/h1-44H/q-1. The Kier molecular flexibility index (Phi) is 10.1. The molecular weight excluding hydrogens is 870 g/mol. The van der Waals surface area contributed by atoms with Gasteiger partial charge < -0.3 is 8.98 Å². The second-order valence-electron chi connectivity index (χ2n) is 18.2. The van der Waals surface area contributed by atoms with Crippen LogP contribution in [0.2, 0.25) is 0 Å². The molecule has 2 aromatic heterocycles. The molecule has 0 aliphatic rings. The number of nitrogens with zero attached hydrogens (tertiary/aromatic N) is 1. The zero-order chi connectivity index (χ0) is 46.6. The molecule has 0 amide bonds. The van der Waals surface area contributed by atoms with E-state index in [0.29, 0.717) is 0 Å². The fourth-order valence-corrected chi connectivity index (χ4v) is 15.8. The maximum absolute atomic E-state index is 14.1. The van der Waals surface area contributed by atoms with E-state index < -0.39 is 8.07 Å². The predicted octanol–water partition coefficient (Wildman–Crippen LogP) is 14.9. The number of hydrogen-bond donors (Lipinski definition) is 0. The minimum atomic E-state index is -2.75. The molecule has 0 atom stereocenters. The van der Waals surface area contributed by atoms with Gasteiger partial charge in [0.15, 0.2) is 0 Å². The molecule has 0 unspecified atom stereocenters. The van der Waals surface area contributed by atoms with Gasteiger partial charge in [-0.2, -0.15) is 20.7 Å². The van der Waals surface area contributed by atoms with Crippen LogP contribution in [0.1, 0.15) is 0 Å². The third-order valence-electron chi connectivity index (χ3n) is 14.2. The zero-order valence-corrected chi connectivity index (χ0v) is 39.1. The van der Waals surface area contributed by atoms with Crippen LogP contribution in [0.5, 0.6) is 0 Å². The number of halogens is 1. The van der Waals surface area contributed by atoms with Crippen LogP contribution in [0.4, 0.5) is 4.39 Å². The van der Waals surface area contributed by atoms with Gasteiger partial charge in [0.2, 0.25) is 0 Å². The van der Waals surface area contributed by atoms with Gasteiger partial charge in [0.1, 0.15) is 17.0 Å². The smallest absolute Gasteiger partial charge is 0.143 e. The molecule has 13 rings (SSSR count). The fourth-order valence-electron chi connectivity index (χ4n) is 11.0. The van der Waals surface area contributed by atoms with Gasteiger partial charge in [0.05, 0.1) is 11.0 Å². The van der Waals surface area contributed by atoms with Crippen LogP contribution in [-0.2, 0) is 0 Å². The molecule has 0 aliphatic carbocycles. The molecule has 0 bridgehead atoms. The van der Waals surface area contributed by atoms with E-state index in [-0.39, 0.29) is 5.82 Å². The lowest BCUT2D eigenvalue weighted by atomic mass is 9.95. The second-order valence-corrected chi connectivity index (χ2v) is 22.0. The molecule has 13 aromatic rings. The van der Waals surface area contributed by atoms with Crippen LogP contribution in [0.15, 0.2) is 271 Å². The zero-order valence-electron chi connectivity index (χ0n) is 38.1. The minimum absolute atomic E-state index is 0.239. The van der Waals surface area contributed by atoms with Crippen LogP contribution in [0.3, 0.4) is 0 Å². The summed E-state index contributed by atoms with van der Waals surface area (Å²) in [5, 5.41) is 10.0. The highest BCUT2D eigenvalue weighted by atomic mass is 28.3. The van der Waals surface area contributed by atoms with E-state index in [1.165, 1.54) is 37.6 Å². The van der Waals surface area contributed by atoms with E-state index in [9.17, 15) is 4.39 Å². The molecule has 0 N–H and O–H groups in total. The summed E-state index contributed by atoms with van der Waals surface area (Å²) >= 11 is 0. The Morgan fingerprint density at radius 2 is 0.829 bits per heavy atom. The molecule has 2 nitrogen and oxygen atoms in total. The summed E-state index contributed by atoms with van der Waals surface area (Å²) in [6, 6.07) is 95.0. The third kappa shape index (κ3) is 6.91. The van der Waals surface area contributed by atoms with Crippen molar-refractivity contribution in [3.63, 3.8) is 0 Å². The van der Waals surface area contributed by atoms with E-state index in [0.717, 1.165) is 83.2 Å². The largest absolute Gasteiger partial charge is 0.455 e. The molecule has 0 saturated carbocycles. The average molecular weight is 914 g/mol. The van der Waals surface area contributed by atoms with Crippen LogP contribution >= 0.6 is 0 Å². The number of benzene rings is 11. The molecular formula is C66H44FNOSi-. The molecule has 0 fully saturated rings. The lowest BCUT2D eigenvalue weighted by Gasteiger charge is -2.47. The lowest BCUT2D eigenvalue weighted by Crippen LogP contribution is -2.74. The summed E-state index contributed by atoms with van der Waals surface area (Å²) < 4.78 is 23.3. The van der Waals surface area contributed by atoms with Crippen LogP contribution in [-0.4, -0.2) is 12.6 Å². The Labute approximate surface area is 406 Å². The molecule has 11 aromatic carbocycles. The summed E-state index contributed by atoms with van der Waals surface area (Å²) in [5.74, 6) is -0.239. The molecule has 2 heterocycles. The van der Waals surface area contributed by atoms with Gasteiger partial charge in [-0.25, -0.2) is 4.39 Å². The van der Waals surface area contributed by atoms with Gasteiger partial charge in [-0.05, 0) is 108 Å². The Hall–Kier alpha value is -8.83. The molecule has 0 radical (unpaired) electrons. The van der Waals surface area contributed by atoms with Crippen molar-refractivity contribution < 1.29 is 8.81 Å². The van der Waals surface area contributed by atoms with Crippen molar-refractivity contribution >= 4 is 72.6 Å². The topological polar surface area (TPSA) is 18.1 Å². The number of fused-ring (bicyclic) bond motifs is 6. The highest BCUT2D eigenvalue weighted by molar-refractivity contribution is 7.20. The van der Waals surface area contributed by atoms with Crippen LogP contribution in [0.25, 0.3) is 93.9 Å². The van der Waals surface area contributed by atoms with Crippen molar-refractivity contribution in [2.75, 3.05) is 0 Å². The Morgan fingerprint density at radius 1 is 0.314 bits per heavy atom. The molecule has 331 valence electrons. The molecule has 4 heteroatoms. The molecule has 0 saturated heterocycles. The van der Waals surface area contributed by atoms with E-state index in [4.69, 9.17) is 4.42 Å². The van der Waals surface area contributed by atoms with Gasteiger partial charge in [-0.15, -0.1) is 0 Å². The van der Waals surface area contributed by atoms with Gasteiger partial charge in [0.25, 0.3) is 0 Å². The summed E-state index contributed by atoms with van der Waals surface area (Å²) in [6.45, 7) is 0. The number of rotatable bonds is 9. The first kappa shape index (κ1) is 41.4. The van der Waals surface area contributed by atoms with E-state index in [2.05, 4.69) is 235 Å². The van der Waals surface area contributed by atoms with Crippen molar-refractivity contribution in [2.45, 2.75) is 0 Å². The summed E-state index contributed by atoms with van der Waals surface area (Å²) in [7, 11) is -2.75. The molecule has 0 spiro atoms. The van der Waals surface area contributed by atoms with Crippen molar-refractivity contribution in [1.29, 1.82) is 0 Å². The number of hydrogen-bond acceptors (Lipinski definition) is 1. The van der Waals surface area contributed by atoms with E-state index in [1.807, 2.05) is 18.2 Å². The Balaban J connectivity index is 0.903. The number of para-hydroxylation sites is 2. The van der Waals surface area contributed by atoms with Gasteiger partial charge in [-0.1, -0.05) is 206 Å².